The molecule has 0 unspecified atom stereocenters. The van der Waals surface area contributed by atoms with Crippen molar-refractivity contribution in [1.29, 1.82) is 0 Å². The molecule has 0 amide bonds. The molecule has 0 saturated heterocycles. The van der Waals surface area contributed by atoms with E-state index in [0.29, 0.717) is 26.9 Å². The summed E-state index contributed by atoms with van der Waals surface area (Å²) >= 11 is 1.19. The van der Waals surface area contributed by atoms with E-state index in [9.17, 15) is 19.5 Å². The zero-order valence-electron chi connectivity index (χ0n) is 21.5. The Bertz CT molecular complexity index is 1560. The first-order valence-corrected chi connectivity index (χ1v) is 12.5. The van der Waals surface area contributed by atoms with Gasteiger partial charge >= 0.3 is 11.7 Å². The van der Waals surface area contributed by atoms with E-state index < -0.39 is 28.9 Å². The van der Waals surface area contributed by atoms with E-state index in [1.807, 2.05) is 32.0 Å². The lowest BCUT2D eigenvalue weighted by Crippen LogP contribution is -2.52. The largest absolute Gasteiger partial charge is 0.496 e. The summed E-state index contributed by atoms with van der Waals surface area (Å²) in [5.41, 5.74) is -1.98. The highest BCUT2D eigenvalue weighted by Crippen LogP contribution is 2.37. The second-order valence-corrected chi connectivity index (χ2v) is 10.4. The van der Waals surface area contributed by atoms with Gasteiger partial charge in [-0.3, -0.25) is 9.36 Å². The fourth-order valence-corrected chi connectivity index (χ4v) is 5.52. The Hall–Kier alpha value is -3.70. The van der Waals surface area contributed by atoms with Crippen LogP contribution in [0.4, 0.5) is 0 Å². The number of oxazole rings is 1. The SMILES string of the molecule is COc1ccccc1[C@H](Cn1c(=O)n(C(C)(C)C(=O)O)c(=O)c2c(C)c(-c3ncco3)sc21)OC(C)C. The molecule has 196 valence electrons. The van der Waals surface area contributed by atoms with Gasteiger partial charge in [0.1, 0.15) is 28.5 Å². The fourth-order valence-electron chi connectivity index (χ4n) is 4.28. The number of ether oxygens (including phenoxy) is 2. The first-order valence-electron chi connectivity index (χ1n) is 11.7. The van der Waals surface area contributed by atoms with Crippen LogP contribution in [0.5, 0.6) is 5.75 Å². The number of para-hydroxylation sites is 1. The molecule has 0 bridgehead atoms. The normalized spacial score (nSPS) is 12.8. The molecule has 37 heavy (non-hydrogen) atoms. The quantitative estimate of drug-likeness (QED) is 0.344. The minimum Gasteiger partial charge on any atom is -0.496 e. The summed E-state index contributed by atoms with van der Waals surface area (Å²) in [6, 6.07) is 7.33. The molecule has 0 fully saturated rings. The van der Waals surface area contributed by atoms with Crippen LogP contribution in [0.2, 0.25) is 0 Å². The number of carboxylic acids is 1. The number of aliphatic carboxylic acids is 1. The molecule has 4 rings (SSSR count). The molecule has 0 aliphatic carbocycles. The number of thiophene rings is 1. The van der Waals surface area contributed by atoms with Crippen molar-refractivity contribution < 1.29 is 23.8 Å². The first-order chi connectivity index (χ1) is 17.5. The minimum absolute atomic E-state index is 0.00877. The lowest BCUT2D eigenvalue weighted by Gasteiger charge is -2.26. The predicted octanol–water partition coefficient (Wildman–Crippen LogP) is 4.18. The van der Waals surface area contributed by atoms with Gasteiger partial charge in [0.2, 0.25) is 5.89 Å². The third kappa shape index (κ3) is 4.60. The van der Waals surface area contributed by atoms with E-state index in [1.54, 1.807) is 20.1 Å². The number of aromatic nitrogens is 3. The minimum atomic E-state index is -1.81. The number of hydrogen-bond acceptors (Lipinski definition) is 8. The second kappa shape index (κ2) is 9.98. The van der Waals surface area contributed by atoms with Crippen molar-refractivity contribution in [3.05, 3.63) is 68.7 Å². The fraction of sp³-hybridized carbons (Fsp3) is 0.385. The average molecular weight is 528 g/mol. The van der Waals surface area contributed by atoms with Crippen LogP contribution in [0.25, 0.3) is 21.0 Å². The summed E-state index contributed by atoms with van der Waals surface area (Å²) in [6.07, 6.45) is 2.08. The van der Waals surface area contributed by atoms with Crippen LogP contribution in [0, 0.1) is 6.92 Å². The smallest absolute Gasteiger partial charge is 0.333 e. The van der Waals surface area contributed by atoms with Crippen LogP contribution in [0.15, 0.2) is 50.7 Å². The summed E-state index contributed by atoms with van der Waals surface area (Å²) < 4.78 is 19.5. The van der Waals surface area contributed by atoms with Crippen molar-refractivity contribution in [3.63, 3.8) is 0 Å². The van der Waals surface area contributed by atoms with Crippen LogP contribution in [-0.4, -0.2) is 38.4 Å². The molecule has 1 N–H and O–H groups in total. The van der Waals surface area contributed by atoms with Gasteiger partial charge in [0.25, 0.3) is 5.56 Å². The molecule has 0 spiro atoms. The third-order valence-electron chi connectivity index (χ3n) is 6.19. The van der Waals surface area contributed by atoms with Gasteiger partial charge in [0.15, 0.2) is 0 Å². The molecule has 4 aromatic rings. The number of nitrogens with zero attached hydrogens (tertiary/aromatic N) is 3. The Balaban J connectivity index is 2.06. The molecule has 0 aliphatic heterocycles. The Labute approximate surface area is 216 Å². The van der Waals surface area contributed by atoms with Crippen LogP contribution < -0.4 is 16.0 Å². The van der Waals surface area contributed by atoms with E-state index in [-0.39, 0.29) is 18.0 Å². The Kier molecular flexibility index (Phi) is 7.11. The third-order valence-corrected chi connectivity index (χ3v) is 7.49. The molecule has 10 nitrogen and oxygen atoms in total. The van der Waals surface area contributed by atoms with Gasteiger partial charge in [0.05, 0.1) is 36.2 Å². The van der Waals surface area contributed by atoms with E-state index in [1.165, 1.54) is 42.2 Å². The van der Waals surface area contributed by atoms with Crippen LogP contribution in [0.3, 0.4) is 0 Å². The van der Waals surface area contributed by atoms with Gasteiger partial charge in [0, 0.05) is 5.56 Å². The van der Waals surface area contributed by atoms with E-state index in [4.69, 9.17) is 13.9 Å². The molecule has 0 saturated carbocycles. The van der Waals surface area contributed by atoms with E-state index >= 15 is 0 Å². The monoisotopic (exact) mass is 527 g/mol. The van der Waals surface area contributed by atoms with Crippen molar-refractivity contribution in [3.8, 4) is 16.5 Å². The summed E-state index contributed by atoms with van der Waals surface area (Å²) in [5, 5.41) is 10.1. The molecular formula is C26H29N3O7S. The van der Waals surface area contributed by atoms with Gasteiger partial charge in [-0.25, -0.2) is 19.1 Å². The van der Waals surface area contributed by atoms with E-state index in [0.717, 1.165) is 10.1 Å². The van der Waals surface area contributed by atoms with Gasteiger partial charge in [-0.2, -0.15) is 0 Å². The highest BCUT2D eigenvalue weighted by molar-refractivity contribution is 7.22. The summed E-state index contributed by atoms with van der Waals surface area (Å²) in [6.45, 7) is 8.15. The highest BCUT2D eigenvalue weighted by Gasteiger charge is 2.36. The molecule has 0 aliphatic rings. The number of aryl methyl sites for hydroxylation is 1. The number of carbonyl (C=O) groups is 1. The maximum atomic E-state index is 13.9. The van der Waals surface area contributed by atoms with Crippen molar-refractivity contribution in [2.24, 2.45) is 0 Å². The van der Waals surface area contributed by atoms with E-state index in [2.05, 4.69) is 4.98 Å². The molecule has 0 radical (unpaired) electrons. The summed E-state index contributed by atoms with van der Waals surface area (Å²) in [7, 11) is 1.55. The summed E-state index contributed by atoms with van der Waals surface area (Å²) in [5.74, 6) is -0.418. The van der Waals surface area contributed by atoms with Crippen LogP contribution >= 0.6 is 11.3 Å². The van der Waals surface area contributed by atoms with Crippen molar-refractivity contribution >= 4 is 27.5 Å². The number of rotatable bonds is 9. The second-order valence-electron chi connectivity index (χ2n) is 9.39. The zero-order valence-corrected chi connectivity index (χ0v) is 22.3. The Morgan fingerprint density at radius 2 is 1.95 bits per heavy atom. The standard InChI is InChI=1S/C26H29N3O7S/c1-14(2)36-18(16-9-7-8-10-17(16)34-6)13-28-23-19(15(3)20(37-23)21-27-11-12-35-21)22(30)29(25(28)33)26(4,5)24(31)32/h7-12,14,18H,13H2,1-6H3,(H,31,32)/t18-/m0/s1. The molecular weight excluding hydrogens is 498 g/mol. The maximum absolute atomic E-state index is 13.9. The van der Waals surface area contributed by atoms with Crippen LogP contribution in [-0.2, 0) is 21.6 Å². The first kappa shape index (κ1) is 26.4. The molecule has 11 heteroatoms. The molecule has 3 aromatic heterocycles. The van der Waals surface area contributed by atoms with Gasteiger partial charge in [-0.1, -0.05) is 18.2 Å². The van der Waals surface area contributed by atoms with Crippen molar-refractivity contribution in [1.82, 2.24) is 14.1 Å². The van der Waals surface area contributed by atoms with Gasteiger partial charge in [-0.05, 0) is 46.2 Å². The number of carboxylic acid groups (broad SMARTS) is 1. The van der Waals surface area contributed by atoms with Crippen molar-refractivity contribution in [2.45, 2.75) is 58.9 Å². The van der Waals surface area contributed by atoms with Gasteiger partial charge < -0.3 is 19.0 Å². The average Bonchev–Trinajstić information content (AvgIpc) is 3.48. The zero-order chi connectivity index (χ0) is 27.1. The lowest BCUT2D eigenvalue weighted by molar-refractivity contribution is -0.146. The summed E-state index contributed by atoms with van der Waals surface area (Å²) in [4.78, 5) is 44.9. The number of methoxy groups -OCH3 is 1. The predicted molar refractivity (Wildman–Crippen MR) is 139 cm³/mol. The maximum Gasteiger partial charge on any atom is 0.333 e. The Morgan fingerprint density at radius 1 is 1.24 bits per heavy atom. The highest BCUT2D eigenvalue weighted by atomic mass is 32.1. The number of benzene rings is 1. The molecule has 1 atom stereocenters. The Morgan fingerprint density at radius 3 is 2.54 bits per heavy atom. The topological polar surface area (TPSA) is 126 Å². The number of hydrogen-bond donors (Lipinski definition) is 1. The molecule has 1 aromatic carbocycles. The van der Waals surface area contributed by atoms with Crippen molar-refractivity contribution in [2.75, 3.05) is 7.11 Å². The number of fused-ring (bicyclic) bond motifs is 1. The van der Waals surface area contributed by atoms with Gasteiger partial charge in [-0.15, -0.1) is 11.3 Å². The van der Waals surface area contributed by atoms with Crippen LogP contribution in [0.1, 0.15) is 44.9 Å². The lowest BCUT2D eigenvalue weighted by atomic mass is 10.1. The molecule has 3 heterocycles.